The van der Waals surface area contributed by atoms with E-state index in [0.717, 1.165) is 0 Å². The van der Waals surface area contributed by atoms with E-state index in [1.54, 1.807) is 4.90 Å². The summed E-state index contributed by atoms with van der Waals surface area (Å²) in [6, 6.07) is 0. The van der Waals surface area contributed by atoms with Gasteiger partial charge in [-0.1, -0.05) is 24.4 Å². The Morgan fingerprint density at radius 1 is 1.42 bits per heavy atom. The van der Waals surface area contributed by atoms with Crippen LogP contribution >= 0.6 is 11.6 Å². The third-order valence-corrected chi connectivity index (χ3v) is 5.24. The molecule has 1 amide bonds. The van der Waals surface area contributed by atoms with Gasteiger partial charge in [0.2, 0.25) is 0 Å². The van der Waals surface area contributed by atoms with Gasteiger partial charge in [0.1, 0.15) is 16.7 Å². The Hall–Kier alpha value is -1.97. The van der Waals surface area contributed by atoms with Gasteiger partial charge in [0.15, 0.2) is 0 Å². The van der Waals surface area contributed by atoms with E-state index in [4.69, 9.17) is 16.3 Å². The molecule has 2 N–H and O–H groups in total. The minimum Gasteiger partial charge on any atom is -0.444 e. The van der Waals surface area contributed by atoms with Gasteiger partial charge in [-0.15, -0.1) is 0 Å². The van der Waals surface area contributed by atoms with Gasteiger partial charge in [0.05, 0.1) is 18.4 Å². The molecule has 2 aliphatic rings. The molecule has 1 saturated carbocycles. The van der Waals surface area contributed by atoms with Crippen LogP contribution in [0.25, 0.3) is 0 Å². The number of halogens is 4. The van der Waals surface area contributed by atoms with Crippen molar-refractivity contribution in [3.8, 4) is 0 Å². The topological polar surface area (TPSA) is 87.3 Å². The van der Waals surface area contributed by atoms with Crippen molar-refractivity contribution in [2.24, 2.45) is 0 Å². The summed E-state index contributed by atoms with van der Waals surface area (Å²) in [6.07, 6.45) is -3.88. The maximum atomic E-state index is 13.3. The van der Waals surface area contributed by atoms with Crippen molar-refractivity contribution >= 4 is 23.4 Å². The van der Waals surface area contributed by atoms with Crippen LogP contribution in [0, 0.1) is 0 Å². The molecule has 0 bridgehead atoms. The van der Waals surface area contributed by atoms with E-state index < -0.39 is 29.5 Å². The normalized spacial score (nSPS) is 22.5. The highest BCUT2D eigenvalue weighted by Gasteiger charge is 2.57. The van der Waals surface area contributed by atoms with Crippen LogP contribution in [0.3, 0.4) is 0 Å². The highest BCUT2D eigenvalue weighted by Crippen LogP contribution is 2.43. The van der Waals surface area contributed by atoms with Crippen molar-refractivity contribution in [1.82, 2.24) is 15.5 Å². The average molecular weight is 395 g/mol. The second-order valence-electron chi connectivity index (χ2n) is 6.57. The lowest BCUT2D eigenvalue weighted by Crippen LogP contribution is -2.57. The third-order valence-electron chi connectivity index (χ3n) is 4.88. The molecule has 1 aromatic rings. The van der Waals surface area contributed by atoms with Gasteiger partial charge >= 0.3 is 12.3 Å². The molecule has 7 nitrogen and oxygen atoms in total. The monoisotopic (exact) mass is 394 g/mol. The summed E-state index contributed by atoms with van der Waals surface area (Å²) >= 11 is 5.94. The Balaban J connectivity index is 1.61. The summed E-state index contributed by atoms with van der Waals surface area (Å²) in [5.41, 5.74) is -2.35. The molecule has 2 heterocycles. The van der Waals surface area contributed by atoms with Crippen molar-refractivity contribution in [3.05, 3.63) is 21.6 Å². The number of aromatic nitrogens is 2. The molecular formula is C15H18ClF3N4O3. The molecule has 1 atom stereocenters. The van der Waals surface area contributed by atoms with Crippen LogP contribution < -0.4 is 15.8 Å². The second kappa shape index (κ2) is 6.98. The Bertz CT molecular complexity index is 734. The lowest BCUT2D eigenvalue weighted by molar-refractivity contribution is -0.192. The quantitative estimate of drug-likeness (QED) is 0.822. The minimum absolute atomic E-state index is 0.0351. The van der Waals surface area contributed by atoms with Crippen LogP contribution in [0.2, 0.25) is 5.02 Å². The van der Waals surface area contributed by atoms with Crippen LogP contribution in [0.4, 0.5) is 23.7 Å². The molecular weight excluding hydrogens is 377 g/mol. The molecule has 2 fully saturated rings. The molecule has 1 aromatic heterocycles. The number of aromatic amines is 1. The Morgan fingerprint density at radius 3 is 2.77 bits per heavy atom. The van der Waals surface area contributed by atoms with Crippen LogP contribution in [-0.2, 0) is 4.74 Å². The molecule has 0 radical (unpaired) electrons. The lowest BCUT2D eigenvalue weighted by Gasteiger charge is -2.32. The van der Waals surface area contributed by atoms with Crippen LogP contribution in [0.5, 0.6) is 0 Å². The van der Waals surface area contributed by atoms with Gasteiger partial charge in [-0.25, -0.2) is 9.89 Å². The molecule has 1 aliphatic carbocycles. The van der Waals surface area contributed by atoms with E-state index in [-0.39, 0.29) is 24.4 Å². The number of nitrogens with zero attached hydrogens (tertiary/aromatic N) is 2. The fourth-order valence-electron chi connectivity index (χ4n) is 3.47. The van der Waals surface area contributed by atoms with E-state index in [9.17, 15) is 22.8 Å². The first-order valence-electron chi connectivity index (χ1n) is 8.25. The van der Waals surface area contributed by atoms with E-state index in [0.29, 0.717) is 31.5 Å². The molecule has 0 spiro atoms. The number of amides is 1. The van der Waals surface area contributed by atoms with Gasteiger partial charge < -0.3 is 15.0 Å². The molecule has 1 aliphatic heterocycles. The Kier molecular flexibility index (Phi) is 5.05. The van der Waals surface area contributed by atoms with E-state index in [1.807, 2.05) is 5.32 Å². The van der Waals surface area contributed by atoms with Crippen LogP contribution in [-0.4, -0.2) is 47.2 Å². The maximum Gasteiger partial charge on any atom is 0.411 e. The van der Waals surface area contributed by atoms with Crippen molar-refractivity contribution in [1.29, 1.82) is 0 Å². The van der Waals surface area contributed by atoms with Gasteiger partial charge in [0.25, 0.3) is 5.56 Å². The number of alkyl carbamates (subject to hydrolysis) is 1. The maximum absolute atomic E-state index is 13.3. The number of ether oxygens (including phenoxy) is 1. The summed E-state index contributed by atoms with van der Waals surface area (Å²) in [5, 5.41) is 7.87. The van der Waals surface area contributed by atoms with Gasteiger partial charge in [-0.2, -0.15) is 18.3 Å². The van der Waals surface area contributed by atoms with Crippen LogP contribution in [0.15, 0.2) is 11.0 Å². The number of carbonyl (C=O) groups is 1. The number of anilines is 1. The Labute approximate surface area is 151 Å². The van der Waals surface area contributed by atoms with Crippen molar-refractivity contribution in [2.45, 2.75) is 49.9 Å². The van der Waals surface area contributed by atoms with Crippen molar-refractivity contribution in [3.63, 3.8) is 0 Å². The molecule has 144 valence electrons. The van der Waals surface area contributed by atoms with E-state index in [1.165, 1.54) is 6.20 Å². The molecule has 3 rings (SSSR count). The molecule has 0 aromatic carbocycles. The summed E-state index contributed by atoms with van der Waals surface area (Å²) < 4.78 is 45.1. The molecule has 26 heavy (non-hydrogen) atoms. The Morgan fingerprint density at radius 2 is 2.12 bits per heavy atom. The number of carbonyl (C=O) groups excluding carboxylic acids is 1. The number of rotatable bonds is 3. The zero-order valence-electron chi connectivity index (χ0n) is 13.7. The summed E-state index contributed by atoms with van der Waals surface area (Å²) in [5.74, 6) is 0. The van der Waals surface area contributed by atoms with E-state index in [2.05, 4.69) is 10.2 Å². The summed E-state index contributed by atoms with van der Waals surface area (Å²) in [7, 11) is 0. The number of nitrogens with one attached hydrogen (secondary N) is 2. The zero-order valence-corrected chi connectivity index (χ0v) is 14.5. The van der Waals surface area contributed by atoms with Crippen molar-refractivity contribution in [2.75, 3.05) is 18.0 Å². The predicted octanol–water partition coefficient (Wildman–Crippen LogP) is 2.60. The van der Waals surface area contributed by atoms with Gasteiger partial charge in [-0.3, -0.25) is 4.79 Å². The lowest BCUT2D eigenvalue weighted by atomic mass is 9.97. The zero-order chi connectivity index (χ0) is 18.9. The molecule has 0 unspecified atom stereocenters. The fraction of sp³-hybridized carbons (Fsp3) is 0.667. The minimum atomic E-state index is -4.52. The van der Waals surface area contributed by atoms with Gasteiger partial charge in [0, 0.05) is 13.0 Å². The third kappa shape index (κ3) is 3.60. The number of H-pyrrole nitrogens is 1. The summed E-state index contributed by atoms with van der Waals surface area (Å²) in [4.78, 5) is 25.2. The fourth-order valence-corrected chi connectivity index (χ4v) is 3.68. The average Bonchev–Trinajstić information content (AvgIpc) is 3.20. The number of hydrogen-bond donors (Lipinski definition) is 2. The molecule has 11 heteroatoms. The largest absolute Gasteiger partial charge is 0.444 e. The van der Waals surface area contributed by atoms with Crippen LogP contribution in [0.1, 0.15) is 32.1 Å². The SMILES string of the molecule is O=C(NC1(C(F)(F)F)CCCC1)O[C@@H]1CCN(c2cn[nH]c(=O)c2Cl)C1. The first-order valence-corrected chi connectivity index (χ1v) is 8.63. The molecule has 1 saturated heterocycles. The highest BCUT2D eigenvalue weighted by molar-refractivity contribution is 6.33. The van der Waals surface area contributed by atoms with Gasteiger partial charge in [-0.05, 0) is 12.8 Å². The standard InChI is InChI=1S/C15H18ClF3N4O3/c16-11-10(7-20-22-12(11)24)23-6-3-9(8-23)26-13(25)21-14(15(17,18)19)4-1-2-5-14/h7,9H,1-6,8H2,(H,21,25)(H,22,24)/t9-/m1/s1. The summed E-state index contributed by atoms with van der Waals surface area (Å²) in [6.45, 7) is 0.657. The van der Waals surface area contributed by atoms with E-state index >= 15 is 0 Å². The second-order valence-corrected chi connectivity index (χ2v) is 6.95. The predicted molar refractivity (Wildman–Crippen MR) is 87.4 cm³/mol. The highest BCUT2D eigenvalue weighted by atomic mass is 35.5. The van der Waals surface area contributed by atoms with Crippen molar-refractivity contribution < 1.29 is 22.7 Å². The number of alkyl halides is 3. The number of hydrogen-bond acceptors (Lipinski definition) is 5. The smallest absolute Gasteiger partial charge is 0.411 e. The first kappa shape index (κ1) is 18.8. The first-order chi connectivity index (χ1) is 12.2.